The van der Waals surface area contributed by atoms with Gasteiger partial charge in [0.2, 0.25) is 0 Å². The van der Waals surface area contributed by atoms with Gasteiger partial charge in [0.05, 0.1) is 0 Å². The molecule has 1 rings (SSSR count). The second kappa shape index (κ2) is 9.41. The lowest BCUT2D eigenvalue weighted by Gasteiger charge is -2.07. The van der Waals surface area contributed by atoms with Crippen LogP contribution in [0.25, 0.3) is 0 Å². The van der Waals surface area contributed by atoms with Crippen molar-refractivity contribution in [2.45, 2.75) is 19.8 Å². The molecular formula is C11H16ClNO2. The molecule has 1 atom stereocenters. The van der Waals surface area contributed by atoms with E-state index in [-0.39, 0.29) is 18.6 Å². The summed E-state index contributed by atoms with van der Waals surface area (Å²) in [4.78, 5) is 16.2. The van der Waals surface area contributed by atoms with Crippen LogP contribution in [0.15, 0.2) is 24.3 Å². The Bertz CT molecular complexity index is 292. The van der Waals surface area contributed by atoms with E-state index >= 15 is 0 Å². The maximum absolute atomic E-state index is 8.12. The Labute approximate surface area is 96.1 Å². The predicted molar refractivity (Wildman–Crippen MR) is 60.9 cm³/mol. The normalized spacial score (nSPS) is 10.1. The van der Waals surface area contributed by atoms with Crippen molar-refractivity contribution in [1.82, 2.24) is 0 Å². The van der Waals surface area contributed by atoms with Gasteiger partial charge in [-0.15, -0.1) is 12.4 Å². The number of hydrogen-bond donors (Lipinski definition) is 1. The van der Waals surface area contributed by atoms with E-state index in [9.17, 15) is 0 Å². The number of carbonyl (C=O) groups excluding carboxylic acids is 2. The monoisotopic (exact) mass is 229 g/mol. The van der Waals surface area contributed by atoms with Crippen molar-refractivity contribution in [3.63, 3.8) is 0 Å². The minimum Gasteiger partial charge on any atom is -0.330 e. The molecule has 84 valence electrons. The molecule has 0 aromatic heterocycles. The average molecular weight is 230 g/mol. The molecule has 0 saturated carbocycles. The first-order valence-corrected chi connectivity index (χ1v) is 4.41. The quantitative estimate of drug-likeness (QED) is 0.843. The molecule has 0 fully saturated rings. The van der Waals surface area contributed by atoms with E-state index in [4.69, 9.17) is 15.3 Å². The maximum atomic E-state index is 8.12. The fourth-order valence-corrected chi connectivity index (χ4v) is 1.03. The van der Waals surface area contributed by atoms with Gasteiger partial charge in [-0.2, -0.15) is 9.59 Å². The molecule has 4 heteroatoms. The van der Waals surface area contributed by atoms with E-state index < -0.39 is 0 Å². The van der Waals surface area contributed by atoms with E-state index in [1.807, 2.05) is 0 Å². The molecule has 0 aliphatic carbocycles. The number of aryl methyl sites for hydroxylation is 1. The molecular weight excluding hydrogens is 214 g/mol. The molecule has 0 bridgehead atoms. The van der Waals surface area contributed by atoms with Crippen LogP contribution in [0, 0.1) is 6.92 Å². The number of hydrogen-bond acceptors (Lipinski definition) is 3. The van der Waals surface area contributed by atoms with Crippen molar-refractivity contribution in [3.05, 3.63) is 35.4 Å². The van der Waals surface area contributed by atoms with Crippen molar-refractivity contribution in [2.24, 2.45) is 5.73 Å². The summed E-state index contributed by atoms with van der Waals surface area (Å²) >= 11 is 0. The van der Waals surface area contributed by atoms with Gasteiger partial charge in [-0.25, -0.2) is 0 Å². The van der Waals surface area contributed by atoms with Crippen LogP contribution in [0.2, 0.25) is 0 Å². The zero-order valence-electron chi connectivity index (χ0n) is 8.90. The van der Waals surface area contributed by atoms with Crippen molar-refractivity contribution in [3.8, 4) is 0 Å². The summed E-state index contributed by atoms with van der Waals surface area (Å²) in [5, 5.41) is 0. The lowest BCUT2D eigenvalue weighted by atomic mass is 10.0. The van der Waals surface area contributed by atoms with E-state index in [0.29, 0.717) is 5.92 Å². The minimum atomic E-state index is 0. The van der Waals surface area contributed by atoms with Gasteiger partial charge < -0.3 is 5.73 Å². The summed E-state index contributed by atoms with van der Waals surface area (Å²) in [5.41, 5.74) is 8.18. The summed E-state index contributed by atoms with van der Waals surface area (Å²) in [6.07, 6.45) is 0.250. The van der Waals surface area contributed by atoms with Gasteiger partial charge in [0.25, 0.3) is 0 Å². The molecule has 0 spiro atoms. The first kappa shape index (κ1) is 16.3. The average Bonchev–Trinajstić information content (AvgIpc) is 2.19. The van der Waals surface area contributed by atoms with Gasteiger partial charge in [-0.05, 0) is 24.9 Å². The Kier molecular flexibility index (Phi) is 10.2. The summed E-state index contributed by atoms with van der Waals surface area (Å²) in [6.45, 7) is 4.96. The molecule has 0 aliphatic rings. The molecule has 1 aromatic rings. The van der Waals surface area contributed by atoms with Crippen LogP contribution < -0.4 is 5.73 Å². The van der Waals surface area contributed by atoms with Crippen LogP contribution in [0.3, 0.4) is 0 Å². The summed E-state index contributed by atoms with van der Waals surface area (Å²) in [7, 11) is 0. The Morgan fingerprint density at radius 1 is 1.27 bits per heavy atom. The number of rotatable bonds is 2. The van der Waals surface area contributed by atoms with Gasteiger partial charge in [0, 0.05) is 0 Å². The van der Waals surface area contributed by atoms with Crippen LogP contribution in [-0.2, 0) is 9.59 Å². The van der Waals surface area contributed by atoms with Crippen LogP contribution >= 0.6 is 12.4 Å². The molecule has 0 heterocycles. The van der Waals surface area contributed by atoms with Gasteiger partial charge >= 0.3 is 6.15 Å². The van der Waals surface area contributed by atoms with Crippen molar-refractivity contribution >= 4 is 18.6 Å². The Hall–Kier alpha value is -1.15. The largest absolute Gasteiger partial charge is 0.373 e. The molecule has 2 N–H and O–H groups in total. The molecule has 0 saturated heterocycles. The standard InChI is InChI=1S/C10H15N.CO2.ClH/c1-8-3-5-10(6-4-8)9(2)7-11;2-1-3;/h3-6,9H,7,11H2,1-2H3;;1H. The molecule has 0 aliphatic heterocycles. The van der Waals surface area contributed by atoms with E-state index in [2.05, 4.69) is 38.1 Å². The topological polar surface area (TPSA) is 60.2 Å². The summed E-state index contributed by atoms with van der Waals surface area (Å²) < 4.78 is 0. The van der Waals surface area contributed by atoms with E-state index in [1.54, 1.807) is 0 Å². The van der Waals surface area contributed by atoms with Crippen molar-refractivity contribution in [1.29, 1.82) is 0 Å². The first-order chi connectivity index (χ1) is 6.65. The zero-order valence-corrected chi connectivity index (χ0v) is 9.71. The SMILES string of the molecule is Cc1ccc(C(C)CN)cc1.Cl.O=C=O. The molecule has 1 unspecified atom stereocenters. The smallest absolute Gasteiger partial charge is 0.330 e. The van der Waals surface area contributed by atoms with Crippen LogP contribution in [0.5, 0.6) is 0 Å². The molecule has 0 amide bonds. The van der Waals surface area contributed by atoms with Crippen molar-refractivity contribution in [2.75, 3.05) is 6.54 Å². The summed E-state index contributed by atoms with van der Waals surface area (Å²) in [6, 6.07) is 8.54. The third kappa shape index (κ3) is 6.86. The number of benzene rings is 1. The lowest BCUT2D eigenvalue weighted by Crippen LogP contribution is -2.08. The van der Waals surface area contributed by atoms with Gasteiger partial charge in [-0.3, -0.25) is 0 Å². The van der Waals surface area contributed by atoms with Crippen molar-refractivity contribution < 1.29 is 9.59 Å². The lowest BCUT2D eigenvalue weighted by molar-refractivity contribution is -0.191. The Morgan fingerprint density at radius 3 is 2.00 bits per heavy atom. The van der Waals surface area contributed by atoms with Crippen LogP contribution in [-0.4, -0.2) is 12.7 Å². The maximum Gasteiger partial charge on any atom is 0.373 e. The Balaban J connectivity index is 0. The zero-order chi connectivity index (χ0) is 11.0. The number of halogens is 1. The highest BCUT2D eigenvalue weighted by Crippen LogP contribution is 2.13. The van der Waals surface area contributed by atoms with Gasteiger partial charge in [0.15, 0.2) is 0 Å². The molecule has 3 nitrogen and oxygen atoms in total. The van der Waals surface area contributed by atoms with Crippen LogP contribution in [0.1, 0.15) is 24.0 Å². The first-order valence-electron chi connectivity index (χ1n) is 4.41. The number of nitrogens with two attached hydrogens (primary N) is 1. The highest BCUT2D eigenvalue weighted by molar-refractivity contribution is 5.85. The predicted octanol–water partition coefficient (Wildman–Crippen LogP) is 1.90. The second-order valence-electron chi connectivity index (χ2n) is 3.13. The second-order valence-corrected chi connectivity index (χ2v) is 3.13. The Morgan fingerprint density at radius 2 is 1.67 bits per heavy atom. The fraction of sp³-hybridized carbons (Fsp3) is 0.364. The highest BCUT2D eigenvalue weighted by Gasteiger charge is 2.00. The molecule has 1 aromatic carbocycles. The summed E-state index contributed by atoms with van der Waals surface area (Å²) in [5.74, 6) is 0.482. The van der Waals surface area contributed by atoms with Gasteiger partial charge in [0.1, 0.15) is 0 Å². The van der Waals surface area contributed by atoms with E-state index in [1.165, 1.54) is 11.1 Å². The van der Waals surface area contributed by atoms with Crippen LogP contribution in [0.4, 0.5) is 0 Å². The molecule has 15 heavy (non-hydrogen) atoms. The van der Waals surface area contributed by atoms with E-state index in [0.717, 1.165) is 6.54 Å². The fourth-order valence-electron chi connectivity index (χ4n) is 1.03. The molecule has 0 radical (unpaired) electrons. The van der Waals surface area contributed by atoms with Gasteiger partial charge in [-0.1, -0.05) is 36.8 Å². The minimum absolute atomic E-state index is 0. The third-order valence-corrected chi connectivity index (χ3v) is 2.00. The third-order valence-electron chi connectivity index (χ3n) is 2.00. The highest BCUT2D eigenvalue weighted by atomic mass is 35.5.